The Kier molecular flexibility index (Phi) is 8.26. The number of carbonyl (C=O) groups is 2. The van der Waals surface area contributed by atoms with E-state index < -0.39 is 71.9 Å². The molecule has 0 saturated heterocycles. The molecule has 196 valence electrons. The molecule has 3 rings (SSSR count). The smallest absolute Gasteiger partial charge is 0.406 e. The first-order chi connectivity index (χ1) is 16.8. The Morgan fingerprint density at radius 2 is 1.78 bits per heavy atom. The van der Waals surface area contributed by atoms with Gasteiger partial charge >= 0.3 is 6.36 Å². The summed E-state index contributed by atoms with van der Waals surface area (Å²) in [4.78, 5) is 33.7. The van der Waals surface area contributed by atoms with Crippen LogP contribution in [0, 0.1) is 5.82 Å². The van der Waals surface area contributed by atoms with Crippen molar-refractivity contribution in [3.63, 3.8) is 0 Å². The van der Waals surface area contributed by atoms with Gasteiger partial charge in [-0.05, 0) is 25.0 Å². The summed E-state index contributed by atoms with van der Waals surface area (Å²) in [6, 6.07) is -1.01. The summed E-state index contributed by atoms with van der Waals surface area (Å²) in [7, 11) is 0. The first kappa shape index (κ1) is 27.4. The molecule has 36 heavy (non-hydrogen) atoms. The highest BCUT2D eigenvalue weighted by Crippen LogP contribution is 2.36. The Hall–Kier alpha value is -3.16. The fraction of sp³-hybridized carbons (Fsp3) is 0.429. The minimum atomic E-state index is -5.15. The van der Waals surface area contributed by atoms with Crippen molar-refractivity contribution >= 4 is 29.1 Å². The maximum absolute atomic E-state index is 14.9. The van der Waals surface area contributed by atoms with Gasteiger partial charge in [0.2, 0.25) is 11.8 Å². The van der Waals surface area contributed by atoms with E-state index in [9.17, 15) is 40.3 Å². The van der Waals surface area contributed by atoms with E-state index in [-0.39, 0.29) is 24.5 Å². The molecule has 1 saturated carbocycles. The molecule has 1 heterocycles. The average molecular weight is 543 g/mol. The summed E-state index contributed by atoms with van der Waals surface area (Å²) in [5.41, 5.74) is -3.74. The number of rotatable bonds is 7. The minimum absolute atomic E-state index is 0.107. The first-order valence-electron chi connectivity index (χ1n) is 10.4. The molecule has 1 unspecified atom stereocenters. The van der Waals surface area contributed by atoms with Crippen LogP contribution in [-0.4, -0.2) is 45.7 Å². The third kappa shape index (κ3) is 6.95. The van der Waals surface area contributed by atoms with Gasteiger partial charge in [-0.25, -0.2) is 27.5 Å². The SMILES string of the molecule is O=C(NC1CCC(F)(F)CC1)C(c1cncnc1)N(C(=O)[C@H](F)Cl)c1ccc(OC(F)(F)F)cc1F. The fourth-order valence-corrected chi connectivity index (χ4v) is 3.81. The van der Waals surface area contributed by atoms with Gasteiger partial charge < -0.3 is 10.1 Å². The molecule has 1 aromatic heterocycles. The molecule has 0 radical (unpaired) electrons. The zero-order chi connectivity index (χ0) is 26.7. The maximum atomic E-state index is 14.9. The lowest BCUT2D eigenvalue weighted by atomic mass is 9.92. The van der Waals surface area contributed by atoms with Gasteiger partial charge in [0.25, 0.3) is 11.5 Å². The standard InChI is InChI=1S/C21H18ClF7N4O3/c22-17(24)19(35)33(15-2-1-13(7-14(15)23)36-21(27,28)29)16(11-8-30-10-31-9-11)18(34)32-12-3-5-20(25,26)6-4-12/h1-2,7-10,12,16-17H,3-6H2,(H,32,34)/t16?,17-/m0/s1. The van der Waals surface area contributed by atoms with E-state index >= 15 is 0 Å². The summed E-state index contributed by atoms with van der Waals surface area (Å²) in [5, 5.41) is 2.48. The first-order valence-corrected chi connectivity index (χ1v) is 10.8. The number of amides is 2. The highest BCUT2D eigenvalue weighted by atomic mass is 35.5. The number of alkyl halides is 7. The zero-order valence-electron chi connectivity index (χ0n) is 18.1. The largest absolute Gasteiger partial charge is 0.573 e. The van der Waals surface area contributed by atoms with E-state index in [0.717, 1.165) is 18.7 Å². The van der Waals surface area contributed by atoms with Crippen molar-refractivity contribution < 1.29 is 45.1 Å². The lowest BCUT2D eigenvalue weighted by Gasteiger charge is -2.34. The molecular formula is C21H18ClF7N4O3. The van der Waals surface area contributed by atoms with E-state index in [1.165, 1.54) is 0 Å². The predicted molar refractivity (Wildman–Crippen MR) is 111 cm³/mol. The highest BCUT2D eigenvalue weighted by Gasteiger charge is 2.41. The third-order valence-corrected chi connectivity index (χ3v) is 5.49. The summed E-state index contributed by atoms with van der Waals surface area (Å²) >= 11 is 5.30. The van der Waals surface area contributed by atoms with Gasteiger partial charge in [0, 0.05) is 42.9 Å². The molecule has 7 nitrogen and oxygen atoms in total. The van der Waals surface area contributed by atoms with Gasteiger partial charge in [-0.2, -0.15) is 0 Å². The van der Waals surface area contributed by atoms with Gasteiger partial charge in [0.15, 0.2) is 5.82 Å². The number of nitrogens with one attached hydrogen (secondary N) is 1. The van der Waals surface area contributed by atoms with Crippen molar-refractivity contribution in [1.82, 2.24) is 15.3 Å². The second-order valence-corrected chi connectivity index (χ2v) is 8.27. The number of carbonyl (C=O) groups excluding carboxylic acids is 2. The van der Waals surface area contributed by atoms with E-state index in [0.29, 0.717) is 17.0 Å². The predicted octanol–water partition coefficient (Wildman–Crippen LogP) is 4.82. The lowest BCUT2D eigenvalue weighted by molar-refractivity contribution is -0.274. The molecule has 2 aromatic rings. The summed E-state index contributed by atoms with van der Waals surface area (Å²) in [5.74, 6) is -8.01. The Morgan fingerprint density at radius 1 is 1.17 bits per heavy atom. The molecule has 2 atom stereocenters. The van der Waals surface area contributed by atoms with Crippen LogP contribution in [-0.2, 0) is 9.59 Å². The number of halogens is 8. The van der Waals surface area contributed by atoms with Gasteiger partial charge in [0.1, 0.15) is 18.1 Å². The molecule has 0 bridgehead atoms. The number of nitrogens with zero attached hydrogens (tertiary/aromatic N) is 3. The van der Waals surface area contributed by atoms with Crippen LogP contribution in [0.1, 0.15) is 37.3 Å². The Labute approximate surface area is 204 Å². The van der Waals surface area contributed by atoms with E-state index in [4.69, 9.17) is 11.6 Å². The maximum Gasteiger partial charge on any atom is 0.573 e. The molecule has 1 aliphatic carbocycles. The topological polar surface area (TPSA) is 84.4 Å². The Bertz CT molecular complexity index is 1080. The van der Waals surface area contributed by atoms with Gasteiger partial charge in [0.05, 0.1) is 5.69 Å². The number of benzene rings is 1. The van der Waals surface area contributed by atoms with Gasteiger partial charge in [-0.3, -0.25) is 14.5 Å². The van der Waals surface area contributed by atoms with Gasteiger partial charge in [-0.15, -0.1) is 13.2 Å². The number of hydrogen-bond acceptors (Lipinski definition) is 5. The van der Waals surface area contributed by atoms with Crippen LogP contribution in [0.5, 0.6) is 5.75 Å². The number of hydrogen-bond donors (Lipinski definition) is 1. The molecule has 1 aliphatic rings. The summed E-state index contributed by atoms with van der Waals surface area (Å²) in [6.45, 7) is 0. The quantitative estimate of drug-likeness (QED) is 0.401. The van der Waals surface area contributed by atoms with Crippen molar-refractivity contribution in [2.75, 3.05) is 4.90 Å². The van der Waals surface area contributed by atoms with Crippen LogP contribution in [0.15, 0.2) is 36.9 Å². The van der Waals surface area contributed by atoms with Crippen LogP contribution >= 0.6 is 11.6 Å². The monoisotopic (exact) mass is 542 g/mol. The number of aromatic nitrogens is 2. The van der Waals surface area contributed by atoms with Crippen molar-refractivity contribution in [2.24, 2.45) is 0 Å². The fourth-order valence-electron chi connectivity index (χ4n) is 3.70. The average Bonchev–Trinajstić information content (AvgIpc) is 2.78. The van der Waals surface area contributed by atoms with Crippen LogP contribution in [0.25, 0.3) is 0 Å². The molecule has 0 spiro atoms. The summed E-state index contributed by atoms with van der Waals surface area (Å²) in [6.07, 6.45) is -3.19. The lowest BCUT2D eigenvalue weighted by Crippen LogP contribution is -2.49. The van der Waals surface area contributed by atoms with Crippen LogP contribution in [0.2, 0.25) is 0 Å². The summed E-state index contributed by atoms with van der Waals surface area (Å²) < 4.78 is 97.1. The Balaban J connectivity index is 2.02. The second kappa shape index (κ2) is 10.8. The minimum Gasteiger partial charge on any atom is -0.406 e. The van der Waals surface area contributed by atoms with Crippen LogP contribution in [0.3, 0.4) is 0 Å². The molecule has 2 amide bonds. The second-order valence-electron chi connectivity index (χ2n) is 7.88. The highest BCUT2D eigenvalue weighted by molar-refractivity contribution is 6.32. The molecule has 1 aromatic carbocycles. The van der Waals surface area contributed by atoms with Gasteiger partial charge in [-0.1, -0.05) is 11.6 Å². The molecular weight excluding hydrogens is 525 g/mol. The van der Waals surface area contributed by atoms with Crippen LogP contribution in [0.4, 0.5) is 36.4 Å². The van der Waals surface area contributed by atoms with Crippen molar-refractivity contribution in [2.45, 2.75) is 55.7 Å². The molecule has 1 N–H and O–H groups in total. The van der Waals surface area contributed by atoms with E-state index in [1.807, 2.05) is 0 Å². The van der Waals surface area contributed by atoms with Crippen molar-refractivity contribution in [3.8, 4) is 5.75 Å². The zero-order valence-corrected chi connectivity index (χ0v) is 18.9. The van der Waals surface area contributed by atoms with E-state index in [1.54, 1.807) is 0 Å². The molecule has 0 aliphatic heterocycles. The number of ether oxygens (including phenoxy) is 1. The van der Waals surface area contributed by atoms with Crippen molar-refractivity contribution in [3.05, 3.63) is 48.3 Å². The van der Waals surface area contributed by atoms with Crippen molar-refractivity contribution in [1.29, 1.82) is 0 Å². The van der Waals surface area contributed by atoms with E-state index in [2.05, 4.69) is 20.0 Å². The normalized spacial score (nSPS) is 17.7. The molecule has 1 fully saturated rings. The van der Waals surface area contributed by atoms with Crippen LogP contribution < -0.4 is 15.0 Å². The third-order valence-electron chi connectivity index (χ3n) is 5.30. The Morgan fingerprint density at radius 3 is 2.31 bits per heavy atom. The number of anilines is 1. The molecule has 15 heteroatoms.